The van der Waals surface area contributed by atoms with Crippen LogP contribution >= 0.6 is 0 Å². The van der Waals surface area contributed by atoms with Crippen molar-refractivity contribution in [3.63, 3.8) is 0 Å². The Kier molecular flexibility index (Phi) is 7.73. The number of aryl methyl sites for hydroxylation is 1. The van der Waals surface area contributed by atoms with Gasteiger partial charge in [-0.25, -0.2) is 17.7 Å². The first-order valence-electron chi connectivity index (χ1n) is 9.02. The minimum Gasteiger partial charge on any atom is -0.483 e. The summed E-state index contributed by atoms with van der Waals surface area (Å²) in [7, 11) is -0.137. The predicted molar refractivity (Wildman–Crippen MR) is 107 cm³/mol. The average Bonchev–Trinajstić information content (AvgIpc) is 3.30. The van der Waals surface area contributed by atoms with Gasteiger partial charge in [0.25, 0.3) is 6.47 Å². The van der Waals surface area contributed by atoms with Crippen LogP contribution in [0.15, 0.2) is 36.7 Å². The first kappa shape index (κ1) is 22.1. The van der Waals surface area contributed by atoms with Crippen molar-refractivity contribution in [3.05, 3.63) is 42.2 Å². The molecule has 0 saturated carbocycles. The fourth-order valence-corrected chi connectivity index (χ4v) is 4.47. The van der Waals surface area contributed by atoms with Gasteiger partial charge in [-0.2, -0.15) is 0 Å². The number of imidazole rings is 1. The molecule has 0 amide bonds. The largest absolute Gasteiger partial charge is 0.483 e. The lowest BCUT2D eigenvalue weighted by Crippen LogP contribution is -2.32. The fraction of sp³-hybridized carbons (Fsp3) is 0.474. The maximum atomic E-state index is 12.3. The molecule has 3 rings (SSSR count). The second-order valence-electron chi connectivity index (χ2n) is 6.70. The number of aromatic nitrogens is 2. The standard InChI is InChI=1S/C18H25N3O3S.CH2O2/c1-4-14-7-5-6-8-16(14)18-19-9-10-21(18)17-12-24-11-15(17)13-25(22,23)20(2)3;2-1-3/h5-10,15,17H,4,11-13H2,1-3H3;1H,(H,2,3)/t15-,17-;/m1./s1. The fourth-order valence-electron chi connectivity index (χ4n) is 3.31. The lowest BCUT2D eigenvalue weighted by molar-refractivity contribution is -0.122. The highest BCUT2D eigenvalue weighted by Gasteiger charge is 2.35. The Morgan fingerprint density at radius 2 is 2.00 bits per heavy atom. The van der Waals surface area contributed by atoms with Crippen molar-refractivity contribution in [2.75, 3.05) is 33.1 Å². The molecule has 28 heavy (non-hydrogen) atoms. The molecule has 1 fully saturated rings. The van der Waals surface area contributed by atoms with E-state index in [-0.39, 0.29) is 24.2 Å². The van der Waals surface area contributed by atoms with Gasteiger partial charge in [0.05, 0.1) is 25.0 Å². The normalized spacial score (nSPS) is 19.3. The van der Waals surface area contributed by atoms with E-state index < -0.39 is 10.0 Å². The molecule has 2 aromatic rings. The second kappa shape index (κ2) is 9.81. The summed E-state index contributed by atoms with van der Waals surface area (Å²) >= 11 is 0. The third-order valence-corrected chi connectivity index (χ3v) is 6.77. The minimum absolute atomic E-state index is 0.0304. The van der Waals surface area contributed by atoms with E-state index in [1.54, 1.807) is 20.3 Å². The molecule has 8 nitrogen and oxygen atoms in total. The zero-order valence-electron chi connectivity index (χ0n) is 16.4. The van der Waals surface area contributed by atoms with E-state index in [0.29, 0.717) is 13.2 Å². The molecule has 1 N–H and O–H groups in total. The summed E-state index contributed by atoms with van der Waals surface area (Å²) in [5.41, 5.74) is 2.32. The molecular weight excluding hydrogens is 382 g/mol. The molecule has 0 radical (unpaired) electrons. The summed E-state index contributed by atoms with van der Waals surface area (Å²) in [6, 6.07) is 8.18. The third kappa shape index (κ3) is 4.98. The monoisotopic (exact) mass is 409 g/mol. The van der Waals surface area contributed by atoms with Gasteiger partial charge in [-0.1, -0.05) is 31.2 Å². The number of carbonyl (C=O) groups is 1. The minimum atomic E-state index is -3.28. The summed E-state index contributed by atoms with van der Waals surface area (Å²) < 4.78 is 33.6. The van der Waals surface area contributed by atoms with Crippen LogP contribution in [0, 0.1) is 5.92 Å². The molecule has 2 heterocycles. The molecule has 9 heteroatoms. The summed E-state index contributed by atoms with van der Waals surface area (Å²) in [5, 5.41) is 6.89. The number of rotatable bonds is 6. The maximum Gasteiger partial charge on any atom is 0.290 e. The number of benzene rings is 1. The van der Waals surface area contributed by atoms with Crippen LogP contribution in [-0.4, -0.2) is 66.9 Å². The Bertz CT molecular complexity index is 879. The lowest BCUT2D eigenvalue weighted by Gasteiger charge is -2.23. The zero-order valence-corrected chi connectivity index (χ0v) is 17.2. The van der Waals surface area contributed by atoms with Crippen LogP contribution < -0.4 is 0 Å². The van der Waals surface area contributed by atoms with Gasteiger partial charge in [-0.05, 0) is 12.0 Å². The van der Waals surface area contributed by atoms with Crippen LogP contribution in [0.5, 0.6) is 0 Å². The number of carboxylic acid groups (broad SMARTS) is 1. The van der Waals surface area contributed by atoms with Crippen LogP contribution in [-0.2, 0) is 26.0 Å². The maximum absolute atomic E-state index is 12.3. The summed E-state index contributed by atoms with van der Waals surface area (Å²) in [6.45, 7) is 2.83. The Morgan fingerprint density at radius 1 is 1.32 bits per heavy atom. The molecule has 0 spiro atoms. The van der Waals surface area contributed by atoms with Crippen molar-refractivity contribution in [1.29, 1.82) is 0 Å². The van der Waals surface area contributed by atoms with Crippen LogP contribution in [0.4, 0.5) is 0 Å². The van der Waals surface area contributed by atoms with Crippen LogP contribution in [0.25, 0.3) is 11.4 Å². The molecule has 1 aliphatic heterocycles. The van der Waals surface area contributed by atoms with E-state index in [1.165, 1.54) is 9.87 Å². The molecule has 1 saturated heterocycles. The van der Waals surface area contributed by atoms with E-state index in [0.717, 1.165) is 17.8 Å². The molecular formula is C19H27N3O5S. The topological polar surface area (TPSA) is 102 Å². The van der Waals surface area contributed by atoms with Gasteiger partial charge in [0.1, 0.15) is 5.82 Å². The Morgan fingerprint density at radius 3 is 2.64 bits per heavy atom. The van der Waals surface area contributed by atoms with Crippen molar-refractivity contribution in [1.82, 2.24) is 13.9 Å². The molecule has 1 aromatic heterocycles. The van der Waals surface area contributed by atoms with Crippen molar-refractivity contribution < 1.29 is 23.1 Å². The van der Waals surface area contributed by atoms with Crippen molar-refractivity contribution >= 4 is 16.5 Å². The van der Waals surface area contributed by atoms with Gasteiger partial charge in [-0.3, -0.25) is 4.79 Å². The number of hydrogen-bond donors (Lipinski definition) is 1. The van der Waals surface area contributed by atoms with Crippen molar-refractivity contribution in [3.8, 4) is 11.4 Å². The third-order valence-electron chi connectivity index (χ3n) is 4.81. The number of ether oxygens (including phenoxy) is 1. The highest BCUT2D eigenvalue weighted by molar-refractivity contribution is 7.89. The van der Waals surface area contributed by atoms with E-state index in [9.17, 15) is 8.42 Å². The van der Waals surface area contributed by atoms with Gasteiger partial charge >= 0.3 is 0 Å². The van der Waals surface area contributed by atoms with Gasteiger partial charge in [0, 0.05) is 38.0 Å². The Hall–Kier alpha value is -2.23. The number of sulfonamides is 1. The van der Waals surface area contributed by atoms with E-state index >= 15 is 0 Å². The lowest BCUT2D eigenvalue weighted by atomic mass is 10.0. The Balaban J connectivity index is 0.000000878. The van der Waals surface area contributed by atoms with Gasteiger partial charge in [-0.15, -0.1) is 0 Å². The quantitative estimate of drug-likeness (QED) is 0.731. The van der Waals surface area contributed by atoms with Crippen molar-refractivity contribution in [2.45, 2.75) is 19.4 Å². The average molecular weight is 410 g/mol. The first-order valence-corrected chi connectivity index (χ1v) is 10.6. The van der Waals surface area contributed by atoms with Crippen LogP contribution in [0.1, 0.15) is 18.5 Å². The predicted octanol–water partition coefficient (Wildman–Crippen LogP) is 1.89. The highest BCUT2D eigenvalue weighted by atomic mass is 32.2. The summed E-state index contributed by atoms with van der Waals surface area (Å²) in [4.78, 5) is 12.9. The molecule has 0 unspecified atom stereocenters. The van der Waals surface area contributed by atoms with Crippen molar-refractivity contribution in [2.24, 2.45) is 5.92 Å². The molecule has 1 aliphatic rings. The number of hydrogen-bond acceptors (Lipinski definition) is 5. The molecule has 0 aliphatic carbocycles. The summed E-state index contributed by atoms with van der Waals surface area (Å²) in [5.74, 6) is 0.867. The summed E-state index contributed by atoms with van der Waals surface area (Å²) in [6.07, 6.45) is 4.62. The zero-order chi connectivity index (χ0) is 20.7. The van der Waals surface area contributed by atoms with Crippen LogP contribution in [0.3, 0.4) is 0 Å². The SMILES string of the molecule is CCc1ccccc1-c1nccn1[C@@H]1COC[C@@H]1CS(=O)(=O)N(C)C.O=CO. The first-order chi connectivity index (χ1) is 13.4. The second-order valence-corrected chi connectivity index (χ2v) is 8.93. The van der Waals surface area contributed by atoms with E-state index in [4.69, 9.17) is 14.6 Å². The smallest absolute Gasteiger partial charge is 0.290 e. The highest BCUT2D eigenvalue weighted by Crippen LogP contribution is 2.32. The molecule has 2 atom stereocenters. The van der Waals surface area contributed by atoms with E-state index in [2.05, 4.69) is 28.6 Å². The van der Waals surface area contributed by atoms with Gasteiger partial charge in [0.15, 0.2) is 0 Å². The molecule has 0 bridgehead atoms. The molecule has 154 valence electrons. The van der Waals surface area contributed by atoms with E-state index in [1.807, 2.05) is 18.3 Å². The van der Waals surface area contributed by atoms with Gasteiger partial charge in [0.2, 0.25) is 10.0 Å². The Labute approximate surface area is 165 Å². The molecule has 1 aromatic carbocycles. The van der Waals surface area contributed by atoms with Crippen LogP contribution in [0.2, 0.25) is 0 Å². The van der Waals surface area contributed by atoms with Gasteiger partial charge < -0.3 is 14.4 Å². The number of nitrogens with zero attached hydrogens (tertiary/aromatic N) is 3.